The molecule has 7 heteroatoms. The van der Waals surface area contributed by atoms with Gasteiger partial charge in [-0.15, -0.1) is 0 Å². The smallest absolute Gasteiger partial charge is 0.269 e. The Hall–Kier alpha value is -4.00. The minimum Gasteiger partial charge on any atom is -0.465 e. The van der Waals surface area contributed by atoms with E-state index in [4.69, 9.17) is 4.74 Å². The standard InChI is InChI=1S/C28H24N2O5/c31-22-10-4-12-24-27(22)26(28-23(32)11-5-13-25(28)35-24)20-16-29(21-9-2-1-8-19(20)21)15-17-6-3-7-18(14-17)30(33)34/h1-3,6-9,14,16,26H,4-5,10-13,15H2. The van der Waals surface area contributed by atoms with Gasteiger partial charge < -0.3 is 9.30 Å². The average Bonchev–Trinajstić information content (AvgIpc) is 3.21. The van der Waals surface area contributed by atoms with Crippen LogP contribution < -0.4 is 0 Å². The zero-order chi connectivity index (χ0) is 24.1. The molecule has 0 amide bonds. The normalized spacial score (nSPS) is 18.5. The molecule has 2 aliphatic carbocycles. The highest BCUT2D eigenvalue weighted by Gasteiger charge is 2.42. The Morgan fingerprint density at radius 1 is 0.914 bits per heavy atom. The summed E-state index contributed by atoms with van der Waals surface area (Å²) in [5, 5.41) is 12.2. The maximum Gasteiger partial charge on any atom is 0.269 e. The molecule has 0 N–H and O–H groups in total. The summed E-state index contributed by atoms with van der Waals surface area (Å²) in [4.78, 5) is 37.3. The molecular weight excluding hydrogens is 444 g/mol. The van der Waals surface area contributed by atoms with Crippen molar-refractivity contribution in [1.82, 2.24) is 4.57 Å². The lowest BCUT2D eigenvalue weighted by Gasteiger charge is -2.35. The molecule has 0 saturated heterocycles. The first-order valence-corrected chi connectivity index (χ1v) is 12.0. The lowest BCUT2D eigenvalue weighted by molar-refractivity contribution is -0.384. The van der Waals surface area contributed by atoms with E-state index in [-0.39, 0.29) is 17.3 Å². The van der Waals surface area contributed by atoms with Crippen LogP contribution in [0.1, 0.15) is 55.6 Å². The average molecular weight is 469 g/mol. The Labute approximate surface area is 201 Å². The fraction of sp³-hybridized carbons (Fsp3) is 0.286. The number of rotatable bonds is 4. The van der Waals surface area contributed by atoms with Gasteiger partial charge in [-0.2, -0.15) is 0 Å². The van der Waals surface area contributed by atoms with Crippen LogP contribution in [0.25, 0.3) is 10.9 Å². The van der Waals surface area contributed by atoms with Crippen molar-refractivity contribution in [3.05, 3.63) is 98.6 Å². The van der Waals surface area contributed by atoms with E-state index in [9.17, 15) is 19.7 Å². The van der Waals surface area contributed by atoms with Crippen LogP contribution in [0.4, 0.5) is 5.69 Å². The number of fused-ring (bicyclic) bond motifs is 1. The predicted molar refractivity (Wildman–Crippen MR) is 130 cm³/mol. The largest absolute Gasteiger partial charge is 0.465 e. The van der Waals surface area contributed by atoms with Crippen molar-refractivity contribution < 1.29 is 19.2 Å². The number of ketones is 2. The number of hydrogen-bond donors (Lipinski definition) is 0. The van der Waals surface area contributed by atoms with E-state index >= 15 is 0 Å². The predicted octanol–water partition coefficient (Wildman–Crippen LogP) is 5.73. The number of non-ortho nitro benzene ring substituents is 1. The number of ether oxygens (including phenoxy) is 1. The molecular formula is C28H24N2O5. The highest BCUT2D eigenvalue weighted by molar-refractivity contribution is 6.07. The maximum atomic E-state index is 13.2. The zero-order valence-electron chi connectivity index (χ0n) is 19.2. The molecule has 6 rings (SSSR count). The molecule has 0 unspecified atom stereocenters. The van der Waals surface area contributed by atoms with Crippen LogP contribution in [-0.2, 0) is 20.9 Å². The van der Waals surface area contributed by atoms with Crippen LogP contribution in [0.2, 0.25) is 0 Å². The molecule has 3 aromatic rings. The van der Waals surface area contributed by atoms with Crippen LogP contribution in [0.3, 0.4) is 0 Å². The minimum atomic E-state index is -0.439. The summed E-state index contributed by atoms with van der Waals surface area (Å²) >= 11 is 0. The van der Waals surface area contributed by atoms with E-state index in [1.54, 1.807) is 12.1 Å². The molecule has 0 saturated carbocycles. The number of aromatic nitrogens is 1. The van der Waals surface area contributed by atoms with Crippen molar-refractivity contribution in [2.24, 2.45) is 0 Å². The first-order valence-electron chi connectivity index (χ1n) is 12.0. The Morgan fingerprint density at radius 2 is 1.60 bits per heavy atom. The molecule has 0 radical (unpaired) electrons. The van der Waals surface area contributed by atoms with Gasteiger partial charge >= 0.3 is 0 Å². The van der Waals surface area contributed by atoms with Gasteiger partial charge in [-0.1, -0.05) is 30.3 Å². The van der Waals surface area contributed by atoms with Gasteiger partial charge in [0.05, 0.1) is 4.92 Å². The molecule has 0 fully saturated rings. The summed E-state index contributed by atoms with van der Waals surface area (Å²) in [6.07, 6.45) is 5.86. The van der Waals surface area contributed by atoms with Gasteiger partial charge in [-0.3, -0.25) is 19.7 Å². The number of nitrogens with zero attached hydrogens (tertiary/aromatic N) is 2. The molecule has 7 nitrogen and oxygen atoms in total. The van der Waals surface area contributed by atoms with Crippen molar-refractivity contribution in [1.29, 1.82) is 0 Å². The molecule has 0 atom stereocenters. The van der Waals surface area contributed by atoms with Gasteiger partial charge in [0, 0.05) is 78.5 Å². The van der Waals surface area contributed by atoms with Crippen LogP contribution in [0.5, 0.6) is 0 Å². The van der Waals surface area contributed by atoms with Crippen LogP contribution in [-0.4, -0.2) is 21.1 Å². The van der Waals surface area contributed by atoms with Crippen molar-refractivity contribution in [2.45, 2.75) is 51.0 Å². The topological polar surface area (TPSA) is 91.4 Å². The fourth-order valence-electron chi connectivity index (χ4n) is 5.73. The van der Waals surface area contributed by atoms with Crippen LogP contribution in [0, 0.1) is 10.1 Å². The van der Waals surface area contributed by atoms with E-state index in [1.807, 2.05) is 36.5 Å². The van der Waals surface area contributed by atoms with E-state index < -0.39 is 10.8 Å². The first-order chi connectivity index (χ1) is 17.0. The number of nitro benzene ring substituents is 1. The molecule has 35 heavy (non-hydrogen) atoms. The summed E-state index contributed by atoms with van der Waals surface area (Å²) in [6.45, 7) is 0.436. The summed E-state index contributed by atoms with van der Waals surface area (Å²) in [5.41, 5.74) is 3.98. The molecule has 3 aliphatic rings. The molecule has 1 aliphatic heterocycles. The number of carbonyl (C=O) groups excluding carboxylic acids is 2. The highest BCUT2D eigenvalue weighted by Crippen LogP contribution is 2.49. The summed E-state index contributed by atoms with van der Waals surface area (Å²) in [6, 6.07) is 14.6. The van der Waals surface area contributed by atoms with Gasteiger partial charge in [-0.05, 0) is 30.0 Å². The second-order valence-corrected chi connectivity index (χ2v) is 9.42. The Balaban J connectivity index is 1.53. The zero-order valence-corrected chi connectivity index (χ0v) is 19.2. The van der Waals surface area contributed by atoms with E-state index in [1.165, 1.54) is 6.07 Å². The van der Waals surface area contributed by atoms with Crippen molar-refractivity contribution >= 4 is 28.2 Å². The van der Waals surface area contributed by atoms with E-state index in [2.05, 4.69) is 4.57 Å². The second kappa shape index (κ2) is 8.34. The number of nitro groups is 1. The third-order valence-electron chi connectivity index (χ3n) is 7.25. The van der Waals surface area contributed by atoms with Crippen LogP contribution >= 0.6 is 0 Å². The van der Waals surface area contributed by atoms with Crippen LogP contribution in [0.15, 0.2) is 77.4 Å². The molecule has 0 spiro atoms. The molecule has 2 aromatic carbocycles. The van der Waals surface area contributed by atoms with Gasteiger partial charge in [-0.25, -0.2) is 0 Å². The second-order valence-electron chi connectivity index (χ2n) is 9.42. The highest BCUT2D eigenvalue weighted by atomic mass is 16.6. The quantitative estimate of drug-likeness (QED) is 0.360. The SMILES string of the molecule is O=C1CCCC2=C1C(c1cn(Cc3cccc([N+](=O)[O-])c3)c3ccccc13)C1=C(CCCC1=O)O2. The third-order valence-corrected chi connectivity index (χ3v) is 7.25. The summed E-state index contributed by atoms with van der Waals surface area (Å²) in [5.74, 6) is 1.10. The Bertz CT molecular complexity index is 1430. The summed E-state index contributed by atoms with van der Waals surface area (Å²) in [7, 11) is 0. The molecule has 2 heterocycles. The van der Waals surface area contributed by atoms with Crippen molar-refractivity contribution in [3.8, 4) is 0 Å². The number of Topliss-reactive ketones (excluding diaryl/α,β-unsaturated/α-hetero) is 2. The lowest BCUT2D eigenvalue weighted by Crippen LogP contribution is -2.30. The van der Waals surface area contributed by atoms with Gasteiger partial charge in [0.15, 0.2) is 11.6 Å². The summed E-state index contributed by atoms with van der Waals surface area (Å²) < 4.78 is 8.24. The number of hydrogen-bond acceptors (Lipinski definition) is 5. The van der Waals surface area contributed by atoms with Gasteiger partial charge in [0.1, 0.15) is 11.5 Å². The van der Waals surface area contributed by atoms with Crippen molar-refractivity contribution in [3.63, 3.8) is 0 Å². The van der Waals surface area contributed by atoms with Gasteiger partial charge in [0.2, 0.25) is 0 Å². The Morgan fingerprint density at radius 3 is 2.29 bits per heavy atom. The maximum absolute atomic E-state index is 13.2. The lowest BCUT2D eigenvalue weighted by atomic mass is 9.73. The number of allylic oxidation sites excluding steroid dienone is 4. The Kier molecular flexibility index (Phi) is 5.13. The van der Waals surface area contributed by atoms with E-state index in [0.717, 1.165) is 46.4 Å². The monoisotopic (exact) mass is 468 g/mol. The number of carbonyl (C=O) groups is 2. The first kappa shape index (κ1) is 21.5. The fourth-order valence-corrected chi connectivity index (χ4v) is 5.73. The van der Waals surface area contributed by atoms with Crippen molar-refractivity contribution in [2.75, 3.05) is 0 Å². The third kappa shape index (κ3) is 3.58. The number of benzene rings is 2. The molecule has 0 bridgehead atoms. The minimum absolute atomic E-state index is 0.0498. The van der Waals surface area contributed by atoms with Gasteiger partial charge in [0.25, 0.3) is 5.69 Å². The molecule has 1 aromatic heterocycles. The number of para-hydroxylation sites is 1. The van der Waals surface area contributed by atoms with E-state index in [0.29, 0.717) is 43.4 Å². The molecule has 176 valence electrons.